The Kier molecular flexibility index (Phi) is 5.06. The van der Waals surface area contributed by atoms with Crippen molar-refractivity contribution in [3.05, 3.63) is 22.7 Å². The van der Waals surface area contributed by atoms with E-state index in [1.54, 1.807) is 18.2 Å². The second-order valence-electron chi connectivity index (χ2n) is 5.06. The van der Waals surface area contributed by atoms with Crippen LogP contribution >= 0.6 is 15.9 Å². The average Bonchev–Trinajstić information content (AvgIpc) is 2.82. The molecule has 1 atom stereocenters. The number of likely N-dealkylation sites (tertiary alicyclic amines) is 1. The molecule has 1 fully saturated rings. The molecule has 1 aromatic carbocycles. The third kappa shape index (κ3) is 3.72. The largest absolute Gasteiger partial charge is 0.495 e. The zero-order valence-corrected chi connectivity index (χ0v) is 14.0. The van der Waals surface area contributed by atoms with Crippen molar-refractivity contribution in [2.75, 3.05) is 33.8 Å². The summed E-state index contributed by atoms with van der Waals surface area (Å²) in [5.41, 5.74) is 0. The van der Waals surface area contributed by atoms with E-state index in [1.165, 1.54) is 7.11 Å². The van der Waals surface area contributed by atoms with Crippen LogP contribution in [-0.4, -0.2) is 47.1 Å². The molecule has 1 aliphatic rings. The highest BCUT2D eigenvalue weighted by atomic mass is 79.9. The molecule has 0 aromatic heterocycles. The van der Waals surface area contributed by atoms with Gasteiger partial charge in [0.2, 0.25) is 10.0 Å². The van der Waals surface area contributed by atoms with E-state index in [4.69, 9.17) is 4.74 Å². The van der Waals surface area contributed by atoms with Crippen LogP contribution in [0.25, 0.3) is 0 Å². The van der Waals surface area contributed by atoms with E-state index in [0.717, 1.165) is 19.5 Å². The first-order chi connectivity index (χ1) is 9.42. The summed E-state index contributed by atoms with van der Waals surface area (Å²) in [5.74, 6) is 0.720. The molecule has 7 heteroatoms. The van der Waals surface area contributed by atoms with Crippen LogP contribution in [0.3, 0.4) is 0 Å². The molecule has 1 aliphatic heterocycles. The highest BCUT2D eigenvalue weighted by Gasteiger charge is 2.24. The Morgan fingerprint density at radius 2 is 2.25 bits per heavy atom. The van der Waals surface area contributed by atoms with E-state index in [-0.39, 0.29) is 4.90 Å². The summed E-state index contributed by atoms with van der Waals surface area (Å²) in [5, 5.41) is 0. The topological polar surface area (TPSA) is 58.6 Å². The number of sulfonamides is 1. The molecule has 0 spiro atoms. The Bertz CT molecular complexity index is 577. The van der Waals surface area contributed by atoms with Gasteiger partial charge in [0.15, 0.2) is 0 Å². The first-order valence-electron chi connectivity index (χ1n) is 6.44. The quantitative estimate of drug-likeness (QED) is 0.865. The van der Waals surface area contributed by atoms with E-state index >= 15 is 0 Å². The standard InChI is InChI=1S/C13H19BrN2O3S/c1-16-6-5-10(9-16)8-15-20(17,18)13-7-11(14)3-4-12(13)19-2/h3-4,7,10,15H,5-6,8-9H2,1-2H3. The van der Waals surface area contributed by atoms with Gasteiger partial charge in [0.05, 0.1) is 7.11 Å². The number of halogens is 1. The van der Waals surface area contributed by atoms with Crippen LogP contribution in [0.1, 0.15) is 6.42 Å². The van der Waals surface area contributed by atoms with Gasteiger partial charge in [0.1, 0.15) is 10.6 Å². The summed E-state index contributed by atoms with van der Waals surface area (Å²) in [6.45, 7) is 2.41. The Hall–Kier alpha value is -0.630. The van der Waals surface area contributed by atoms with Crippen LogP contribution in [0.5, 0.6) is 5.75 Å². The molecule has 2 rings (SSSR count). The lowest BCUT2D eigenvalue weighted by Crippen LogP contribution is -2.30. The second-order valence-corrected chi connectivity index (χ2v) is 7.72. The van der Waals surface area contributed by atoms with Gasteiger partial charge in [-0.25, -0.2) is 13.1 Å². The normalized spacial score (nSPS) is 20.2. The van der Waals surface area contributed by atoms with Crippen molar-refractivity contribution in [3.8, 4) is 5.75 Å². The lowest BCUT2D eigenvalue weighted by molar-refractivity contribution is 0.393. The van der Waals surface area contributed by atoms with Crippen molar-refractivity contribution < 1.29 is 13.2 Å². The van der Waals surface area contributed by atoms with Gasteiger partial charge in [-0.1, -0.05) is 15.9 Å². The summed E-state index contributed by atoms with van der Waals surface area (Å²) in [7, 11) is -0.0401. The summed E-state index contributed by atoms with van der Waals surface area (Å²) in [4.78, 5) is 2.37. The first-order valence-corrected chi connectivity index (χ1v) is 8.72. The number of methoxy groups -OCH3 is 1. The number of nitrogens with one attached hydrogen (secondary N) is 1. The average molecular weight is 363 g/mol. The fourth-order valence-corrected chi connectivity index (χ4v) is 4.18. The SMILES string of the molecule is COc1ccc(Br)cc1S(=O)(=O)NCC1CCN(C)C1. The number of ether oxygens (including phenoxy) is 1. The van der Waals surface area contributed by atoms with Gasteiger partial charge in [-0.05, 0) is 44.1 Å². The van der Waals surface area contributed by atoms with E-state index in [0.29, 0.717) is 22.7 Å². The lowest BCUT2D eigenvalue weighted by atomic mass is 10.1. The summed E-state index contributed by atoms with van der Waals surface area (Å²) >= 11 is 3.29. The molecular formula is C13H19BrN2O3S. The van der Waals surface area contributed by atoms with Crippen LogP contribution in [0, 0.1) is 5.92 Å². The fourth-order valence-electron chi connectivity index (χ4n) is 2.36. The molecule has 20 heavy (non-hydrogen) atoms. The molecule has 0 amide bonds. The Labute approximate surface area is 128 Å². The highest BCUT2D eigenvalue weighted by Crippen LogP contribution is 2.27. The van der Waals surface area contributed by atoms with Crippen molar-refractivity contribution >= 4 is 26.0 Å². The fraction of sp³-hybridized carbons (Fsp3) is 0.538. The van der Waals surface area contributed by atoms with Gasteiger partial charge in [0, 0.05) is 17.6 Å². The molecule has 0 saturated carbocycles. The molecule has 0 radical (unpaired) electrons. The minimum Gasteiger partial charge on any atom is -0.495 e. The minimum absolute atomic E-state index is 0.167. The molecule has 5 nitrogen and oxygen atoms in total. The van der Waals surface area contributed by atoms with Gasteiger partial charge in [-0.15, -0.1) is 0 Å². The summed E-state index contributed by atoms with van der Waals surface area (Å²) in [6.07, 6.45) is 1.02. The molecule has 1 aromatic rings. The van der Waals surface area contributed by atoms with E-state index in [1.807, 2.05) is 7.05 Å². The summed E-state index contributed by atoms with van der Waals surface area (Å²) < 4.78 is 33.3. The van der Waals surface area contributed by atoms with Gasteiger partial charge >= 0.3 is 0 Å². The summed E-state index contributed by atoms with van der Waals surface area (Å²) in [6, 6.07) is 4.95. The van der Waals surface area contributed by atoms with Crippen molar-refractivity contribution in [3.63, 3.8) is 0 Å². The zero-order valence-electron chi connectivity index (χ0n) is 11.6. The highest BCUT2D eigenvalue weighted by molar-refractivity contribution is 9.10. The number of hydrogen-bond acceptors (Lipinski definition) is 4. The smallest absolute Gasteiger partial charge is 0.244 e. The Morgan fingerprint density at radius 3 is 2.85 bits per heavy atom. The van der Waals surface area contributed by atoms with Crippen molar-refractivity contribution in [1.82, 2.24) is 9.62 Å². The molecule has 0 bridgehead atoms. The second kappa shape index (κ2) is 6.43. The number of rotatable bonds is 5. The van der Waals surface area contributed by atoms with Crippen LogP contribution in [0.15, 0.2) is 27.6 Å². The minimum atomic E-state index is -3.55. The maximum absolute atomic E-state index is 12.4. The molecule has 1 N–H and O–H groups in total. The zero-order chi connectivity index (χ0) is 14.8. The molecule has 0 aliphatic carbocycles. The Balaban J connectivity index is 2.12. The number of benzene rings is 1. The van der Waals surface area contributed by atoms with Crippen LogP contribution in [0.2, 0.25) is 0 Å². The van der Waals surface area contributed by atoms with Crippen molar-refractivity contribution in [2.24, 2.45) is 5.92 Å². The predicted molar refractivity (Wildman–Crippen MR) is 81.5 cm³/mol. The lowest BCUT2D eigenvalue weighted by Gasteiger charge is -2.14. The first kappa shape index (κ1) is 15.8. The van der Waals surface area contributed by atoms with Crippen molar-refractivity contribution in [1.29, 1.82) is 0 Å². The maximum atomic E-state index is 12.4. The van der Waals surface area contributed by atoms with E-state index in [2.05, 4.69) is 25.6 Å². The van der Waals surface area contributed by atoms with Crippen LogP contribution in [0.4, 0.5) is 0 Å². The predicted octanol–water partition coefficient (Wildman–Crippen LogP) is 1.69. The third-order valence-corrected chi connectivity index (χ3v) is 5.40. The van der Waals surface area contributed by atoms with Gasteiger partial charge in [-0.3, -0.25) is 0 Å². The Morgan fingerprint density at radius 1 is 1.50 bits per heavy atom. The van der Waals surface area contributed by atoms with Crippen LogP contribution < -0.4 is 9.46 Å². The third-order valence-electron chi connectivity index (χ3n) is 3.47. The molecule has 1 unspecified atom stereocenters. The van der Waals surface area contributed by atoms with Gasteiger partial charge < -0.3 is 9.64 Å². The molecule has 1 saturated heterocycles. The van der Waals surface area contributed by atoms with Gasteiger partial charge in [-0.2, -0.15) is 0 Å². The van der Waals surface area contributed by atoms with Crippen LogP contribution in [-0.2, 0) is 10.0 Å². The molecule has 1 heterocycles. The molecule has 112 valence electrons. The molecular weight excluding hydrogens is 344 g/mol. The maximum Gasteiger partial charge on any atom is 0.244 e. The van der Waals surface area contributed by atoms with E-state index < -0.39 is 10.0 Å². The monoisotopic (exact) mass is 362 g/mol. The van der Waals surface area contributed by atoms with Crippen molar-refractivity contribution in [2.45, 2.75) is 11.3 Å². The number of nitrogens with zero attached hydrogens (tertiary/aromatic N) is 1. The van der Waals surface area contributed by atoms with Gasteiger partial charge in [0.25, 0.3) is 0 Å². The van der Waals surface area contributed by atoms with E-state index in [9.17, 15) is 8.42 Å². The number of hydrogen-bond donors (Lipinski definition) is 1.